The van der Waals surface area contributed by atoms with Crippen LogP contribution in [0.3, 0.4) is 0 Å². The molecule has 2 aromatic rings. The zero-order valence-corrected chi connectivity index (χ0v) is 16.5. The minimum absolute atomic E-state index is 0.0332. The molecule has 1 aliphatic heterocycles. The second-order valence-corrected chi connectivity index (χ2v) is 7.38. The summed E-state index contributed by atoms with van der Waals surface area (Å²) in [4.78, 5) is 26.4. The smallest absolute Gasteiger partial charge is 0.416 e. The molecule has 0 aliphatic carbocycles. The largest absolute Gasteiger partial charge is 0.481 e. The lowest BCUT2D eigenvalue weighted by Crippen LogP contribution is -2.51. The van der Waals surface area contributed by atoms with E-state index in [0.29, 0.717) is 10.7 Å². The van der Waals surface area contributed by atoms with E-state index in [2.05, 4.69) is 0 Å². The number of hydrogen-bond acceptors (Lipinski definition) is 4. The van der Waals surface area contributed by atoms with E-state index in [4.69, 9.17) is 22.4 Å². The zero-order valence-electron chi connectivity index (χ0n) is 15.7. The Hall–Kier alpha value is -2.94. The Morgan fingerprint density at radius 3 is 2.37 bits per heavy atom. The number of anilines is 2. The molecule has 10 heteroatoms. The summed E-state index contributed by atoms with van der Waals surface area (Å²) in [5.74, 6) is -1.75. The fourth-order valence-electron chi connectivity index (χ4n) is 3.50. The number of carbonyl (C=O) groups is 2. The molecule has 0 aromatic heterocycles. The third-order valence-corrected chi connectivity index (χ3v) is 5.21. The van der Waals surface area contributed by atoms with Gasteiger partial charge in [-0.15, -0.1) is 0 Å². The Labute approximate surface area is 175 Å². The fraction of sp³-hybridized carbons (Fsp3) is 0.300. The summed E-state index contributed by atoms with van der Waals surface area (Å²) in [5.41, 5.74) is 6.25. The van der Waals surface area contributed by atoms with Crippen LogP contribution in [0.15, 0.2) is 42.5 Å². The lowest BCUT2D eigenvalue weighted by atomic mass is 10.00. The first kappa shape index (κ1) is 21.8. The summed E-state index contributed by atoms with van der Waals surface area (Å²) >= 11 is 5.96. The van der Waals surface area contributed by atoms with Gasteiger partial charge in [0.15, 0.2) is 0 Å². The maximum atomic E-state index is 13.0. The normalized spacial score (nSPS) is 17.1. The predicted molar refractivity (Wildman–Crippen MR) is 106 cm³/mol. The number of benzene rings is 2. The predicted octanol–water partition coefficient (Wildman–Crippen LogP) is 3.81. The van der Waals surface area contributed by atoms with Gasteiger partial charge in [-0.2, -0.15) is 13.2 Å². The minimum Gasteiger partial charge on any atom is -0.481 e. The van der Waals surface area contributed by atoms with Gasteiger partial charge in [-0.05, 0) is 35.9 Å². The highest BCUT2D eigenvalue weighted by Gasteiger charge is 2.34. The van der Waals surface area contributed by atoms with Crippen molar-refractivity contribution in [2.45, 2.75) is 18.6 Å². The highest BCUT2D eigenvalue weighted by Crippen LogP contribution is 2.38. The molecule has 3 N–H and O–H groups in total. The van der Waals surface area contributed by atoms with Crippen LogP contribution in [-0.2, 0) is 15.8 Å². The highest BCUT2D eigenvalue weighted by atomic mass is 35.5. The van der Waals surface area contributed by atoms with Crippen LogP contribution in [0, 0.1) is 0 Å². The molecular formula is C20H19ClF3N3O3. The number of halogens is 4. The van der Waals surface area contributed by atoms with Crippen molar-refractivity contribution in [3.8, 4) is 0 Å². The van der Waals surface area contributed by atoms with Crippen LogP contribution < -0.4 is 10.6 Å². The van der Waals surface area contributed by atoms with Gasteiger partial charge in [0.05, 0.1) is 23.0 Å². The van der Waals surface area contributed by atoms with E-state index in [-0.39, 0.29) is 25.3 Å². The molecule has 1 saturated heterocycles. The molecule has 0 radical (unpaired) electrons. The molecule has 3 rings (SSSR count). The quantitative estimate of drug-likeness (QED) is 0.556. The van der Waals surface area contributed by atoms with E-state index in [1.54, 1.807) is 24.3 Å². The maximum absolute atomic E-state index is 13.0. The van der Waals surface area contributed by atoms with Gasteiger partial charge in [-0.1, -0.05) is 23.7 Å². The Kier molecular flexibility index (Phi) is 6.12. The molecule has 1 fully saturated rings. The number of hydrogen-bond donors (Lipinski definition) is 2. The number of carbonyl (C=O) groups excluding carboxylic acids is 1. The van der Waals surface area contributed by atoms with E-state index in [1.807, 2.05) is 4.90 Å². The number of nitrogens with two attached hydrogens (primary N) is 1. The molecule has 2 aromatic carbocycles. The van der Waals surface area contributed by atoms with Gasteiger partial charge in [0.25, 0.3) is 0 Å². The Balaban J connectivity index is 1.95. The molecule has 6 nitrogen and oxygen atoms in total. The lowest BCUT2D eigenvalue weighted by molar-refractivity contribution is -0.144. The molecule has 0 saturated carbocycles. The van der Waals surface area contributed by atoms with Crippen LogP contribution in [0.5, 0.6) is 0 Å². The third kappa shape index (κ3) is 4.79. The van der Waals surface area contributed by atoms with Crippen LogP contribution in [0.25, 0.3) is 0 Å². The van der Waals surface area contributed by atoms with Gasteiger partial charge in [0.2, 0.25) is 5.91 Å². The molecule has 160 valence electrons. The van der Waals surface area contributed by atoms with Crippen LogP contribution in [0.1, 0.15) is 23.6 Å². The number of rotatable bonds is 4. The van der Waals surface area contributed by atoms with Gasteiger partial charge in [-0.25, -0.2) is 0 Å². The standard InChI is InChI=1S/C20H19ClF3N3O3/c21-14-4-1-12(2-5-14)17-11-26(18(28)10-19(29)30)7-8-27(17)16-6-3-13(9-15(16)25)20(22,23)24/h1-6,9,17H,7-8,10-11,25H2,(H,29,30)/t17-/m1/s1. The molecule has 0 bridgehead atoms. The number of aliphatic carboxylic acids is 1. The van der Waals surface area contributed by atoms with Gasteiger partial charge in [-0.3, -0.25) is 9.59 Å². The molecule has 1 aliphatic rings. The average Bonchev–Trinajstić information content (AvgIpc) is 2.67. The average molecular weight is 442 g/mol. The molecule has 1 amide bonds. The van der Waals surface area contributed by atoms with Gasteiger partial charge < -0.3 is 20.6 Å². The van der Waals surface area contributed by atoms with Crippen molar-refractivity contribution in [1.29, 1.82) is 0 Å². The van der Waals surface area contributed by atoms with Crippen molar-refractivity contribution in [3.63, 3.8) is 0 Å². The van der Waals surface area contributed by atoms with Crippen molar-refractivity contribution in [1.82, 2.24) is 4.90 Å². The number of alkyl halides is 3. The molecule has 1 heterocycles. The van der Waals surface area contributed by atoms with Crippen LogP contribution >= 0.6 is 11.6 Å². The summed E-state index contributed by atoms with van der Waals surface area (Å²) in [6, 6.07) is 9.58. The minimum atomic E-state index is -4.51. The van der Waals surface area contributed by atoms with Gasteiger partial charge in [0, 0.05) is 24.7 Å². The molecule has 0 spiro atoms. The molecule has 30 heavy (non-hydrogen) atoms. The Morgan fingerprint density at radius 2 is 1.80 bits per heavy atom. The summed E-state index contributed by atoms with van der Waals surface area (Å²) in [7, 11) is 0. The van der Waals surface area contributed by atoms with E-state index in [0.717, 1.165) is 17.7 Å². The fourth-order valence-corrected chi connectivity index (χ4v) is 3.63. The number of nitrogens with zero attached hydrogens (tertiary/aromatic N) is 2. The first-order valence-corrected chi connectivity index (χ1v) is 9.42. The highest BCUT2D eigenvalue weighted by molar-refractivity contribution is 6.30. The lowest BCUT2D eigenvalue weighted by Gasteiger charge is -2.43. The van der Waals surface area contributed by atoms with Gasteiger partial charge >= 0.3 is 12.1 Å². The van der Waals surface area contributed by atoms with E-state index < -0.39 is 36.1 Å². The Morgan fingerprint density at radius 1 is 1.13 bits per heavy atom. The number of piperazine rings is 1. The molecule has 1 atom stereocenters. The number of carboxylic acids is 1. The monoisotopic (exact) mass is 441 g/mol. The molecular weight excluding hydrogens is 423 g/mol. The maximum Gasteiger partial charge on any atom is 0.416 e. The topological polar surface area (TPSA) is 86.9 Å². The third-order valence-electron chi connectivity index (χ3n) is 4.95. The zero-order chi connectivity index (χ0) is 22.1. The van der Waals surface area contributed by atoms with Crippen molar-refractivity contribution >= 4 is 34.9 Å². The number of carboxylic acid groups (broad SMARTS) is 1. The summed E-state index contributed by atoms with van der Waals surface area (Å²) in [6.07, 6.45) is -5.14. The summed E-state index contributed by atoms with van der Waals surface area (Å²) < 4.78 is 39.0. The second-order valence-electron chi connectivity index (χ2n) is 6.94. The van der Waals surface area contributed by atoms with E-state index in [1.165, 1.54) is 11.0 Å². The van der Waals surface area contributed by atoms with E-state index in [9.17, 15) is 22.8 Å². The molecule has 0 unspecified atom stereocenters. The second kappa shape index (κ2) is 8.43. The van der Waals surface area contributed by atoms with Gasteiger partial charge in [0.1, 0.15) is 6.42 Å². The Bertz CT molecular complexity index is 951. The van der Waals surface area contributed by atoms with Crippen molar-refractivity contribution in [2.75, 3.05) is 30.3 Å². The van der Waals surface area contributed by atoms with Crippen LogP contribution in [0.2, 0.25) is 5.02 Å². The number of nitrogen functional groups attached to an aromatic ring is 1. The van der Waals surface area contributed by atoms with Crippen molar-refractivity contribution in [3.05, 3.63) is 58.6 Å². The van der Waals surface area contributed by atoms with Crippen LogP contribution in [-0.4, -0.2) is 41.5 Å². The van der Waals surface area contributed by atoms with Crippen molar-refractivity contribution in [2.24, 2.45) is 0 Å². The summed E-state index contributed by atoms with van der Waals surface area (Å²) in [6.45, 7) is 0.652. The van der Waals surface area contributed by atoms with Crippen LogP contribution in [0.4, 0.5) is 24.5 Å². The first-order valence-electron chi connectivity index (χ1n) is 9.04. The number of amides is 1. The summed E-state index contributed by atoms with van der Waals surface area (Å²) in [5, 5.41) is 9.41. The van der Waals surface area contributed by atoms with Crippen molar-refractivity contribution < 1.29 is 27.9 Å². The van der Waals surface area contributed by atoms with E-state index >= 15 is 0 Å². The first-order chi connectivity index (χ1) is 14.1. The SMILES string of the molecule is Nc1cc(C(F)(F)F)ccc1N1CCN(C(=O)CC(=O)O)C[C@@H]1c1ccc(Cl)cc1.